The lowest BCUT2D eigenvalue weighted by atomic mass is 9.77. The molecule has 0 radical (unpaired) electrons. The predicted molar refractivity (Wildman–Crippen MR) is 194 cm³/mol. The third-order valence-corrected chi connectivity index (χ3v) is 8.87. The minimum Gasteiger partial charge on any atom is -0.480 e. The van der Waals surface area contributed by atoms with Gasteiger partial charge < -0.3 is 25.6 Å². The third kappa shape index (κ3) is 7.55. The van der Waals surface area contributed by atoms with Gasteiger partial charge in [-0.15, -0.1) is 0 Å². The maximum atomic E-state index is 14.0. The Morgan fingerprint density at radius 2 is 1.25 bits per heavy atom. The van der Waals surface area contributed by atoms with E-state index in [1.54, 1.807) is 12.1 Å². The number of aromatic nitrogens is 2. The van der Waals surface area contributed by atoms with E-state index in [-0.39, 0.29) is 12.1 Å². The second-order valence-corrected chi connectivity index (χ2v) is 12.2. The Morgan fingerprint density at radius 1 is 0.706 bits per heavy atom. The van der Waals surface area contributed by atoms with Crippen molar-refractivity contribution < 1.29 is 24.3 Å². The highest BCUT2D eigenvalue weighted by atomic mass is 16.4. The molecule has 10 nitrogen and oxygen atoms in total. The zero-order valence-corrected chi connectivity index (χ0v) is 27.9. The number of carbonyl (C=O) groups is 4. The van der Waals surface area contributed by atoms with Crippen molar-refractivity contribution >= 4 is 34.6 Å². The lowest BCUT2D eigenvalue weighted by molar-refractivity contribution is -0.144. The summed E-state index contributed by atoms with van der Waals surface area (Å²) in [6.45, 7) is 0. The van der Waals surface area contributed by atoms with Gasteiger partial charge in [0.05, 0.1) is 6.42 Å². The Balaban J connectivity index is 1.29. The molecule has 1 unspecified atom stereocenters. The van der Waals surface area contributed by atoms with Gasteiger partial charge in [-0.05, 0) is 40.5 Å². The summed E-state index contributed by atoms with van der Waals surface area (Å²) in [6.07, 6.45) is 2.82. The highest BCUT2D eigenvalue weighted by Crippen LogP contribution is 2.37. The molecule has 51 heavy (non-hydrogen) atoms. The lowest BCUT2D eigenvalue weighted by Gasteiger charge is -2.37. The second kappa shape index (κ2) is 15.3. The van der Waals surface area contributed by atoms with Gasteiger partial charge in [0.25, 0.3) is 5.91 Å². The van der Waals surface area contributed by atoms with Crippen molar-refractivity contribution in [3.05, 3.63) is 174 Å². The summed E-state index contributed by atoms with van der Waals surface area (Å²) in [6, 6.07) is 38.0. The van der Waals surface area contributed by atoms with Crippen LogP contribution in [0.25, 0.3) is 10.9 Å². The number of para-hydroxylation sites is 1. The molecular formula is C41H37N5O5. The number of pyridine rings is 1. The highest BCUT2D eigenvalue weighted by molar-refractivity contribution is 5.98. The Hall–Kier alpha value is -6.55. The Kier molecular flexibility index (Phi) is 10.3. The van der Waals surface area contributed by atoms with Crippen LogP contribution in [0.5, 0.6) is 0 Å². The summed E-state index contributed by atoms with van der Waals surface area (Å²) in [5, 5.41) is 19.6. The molecule has 0 saturated heterocycles. The van der Waals surface area contributed by atoms with Gasteiger partial charge in [0, 0.05) is 36.8 Å². The number of carboxylic acid groups (broad SMARTS) is 1. The van der Waals surface area contributed by atoms with Gasteiger partial charge in [0.15, 0.2) is 0 Å². The van der Waals surface area contributed by atoms with Crippen LogP contribution in [-0.2, 0) is 33.4 Å². The van der Waals surface area contributed by atoms with E-state index in [0.717, 1.165) is 33.2 Å². The summed E-state index contributed by atoms with van der Waals surface area (Å²) in [5.41, 5.74) is 2.92. The molecule has 0 fully saturated rings. The fourth-order valence-corrected chi connectivity index (χ4v) is 6.45. The number of amides is 3. The average Bonchev–Trinajstić information content (AvgIpc) is 3.49. The van der Waals surface area contributed by atoms with E-state index >= 15 is 0 Å². The highest BCUT2D eigenvalue weighted by Gasteiger charge is 2.39. The zero-order chi connectivity index (χ0) is 35.8. The van der Waals surface area contributed by atoms with E-state index in [2.05, 4.69) is 20.9 Å². The number of nitrogens with one attached hydrogen (secondary N) is 3. The van der Waals surface area contributed by atoms with Gasteiger partial charge in [0.1, 0.15) is 23.3 Å². The van der Waals surface area contributed by atoms with Crippen LogP contribution in [0.3, 0.4) is 0 Å². The number of nitrogens with zero attached hydrogens (tertiary/aromatic N) is 2. The topological polar surface area (TPSA) is 142 Å². The quantitative estimate of drug-likeness (QED) is 0.127. The monoisotopic (exact) mass is 679 g/mol. The maximum Gasteiger partial charge on any atom is 0.326 e. The molecule has 0 saturated carbocycles. The van der Waals surface area contributed by atoms with Crippen LogP contribution in [0.2, 0.25) is 0 Å². The van der Waals surface area contributed by atoms with Gasteiger partial charge in [-0.1, -0.05) is 115 Å². The molecule has 2 atom stereocenters. The molecule has 4 aromatic carbocycles. The first-order valence-electron chi connectivity index (χ1n) is 16.5. The zero-order valence-electron chi connectivity index (χ0n) is 27.9. The molecule has 0 spiro atoms. The van der Waals surface area contributed by atoms with Crippen LogP contribution in [0, 0.1) is 0 Å². The van der Waals surface area contributed by atoms with E-state index < -0.39 is 47.7 Å². The van der Waals surface area contributed by atoms with Crippen LogP contribution in [-0.4, -0.2) is 50.4 Å². The summed E-state index contributed by atoms with van der Waals surface area (Å²) in [7, 11) is 1.88. The molecule has 2 aromatic heterocycles. The van der Waals surface area contributed by atoms with Crippen molar-refractivity contribution in [2.75, 3.05) is 0 Å². The van der Waals surface area contributed by atoms with E-state index in [4.69, 9.17) is 0 Å². The third-order valence-electron chi connectivity index (χ3n) is 8.87. The number of aliphatic carboxylic acids is 1. The summed E-state index contributed by atoms with van der Waals surface area (Å²) < 4.78 is 1.92. The van der Waals surface area contributed by atoms with Crippen LogP contribution >= 0.6 is 0 Å². The van der Waals surface area contributed by atoms with Crippen molar-refractivity contribution in [2.45, 2.75) is 30.5 Å². The molecule has 3 amide bonds. The van der Waals surface area contributed by atoms with Crippen molar-refractivity contribution in [1.82, 2.24) is 25.5 Å². The van der Waals surface area contributed by atoms with Crippen molar-refractivity contribution in [3.63, 3.8) is 0 Å². The molecule has 0 bridgehead atoms. The van der Waals surface area contributed by atoms with Gasteiger partial charge in [-0.2, -0.15) is 0 Å². The molecule has 4 N–H and O–H groups in total. The van der Waals surface area contributed by atoms with Crippen molar-refractivity contribution in [2.24, 2.45) is 7.05 Å². The Morgan fingerprint density at radius 3 is 1.80 bits per heavy atom. The Labute approximate surface area is 295 Å². The van der Waals surface area contributed by atoms with E-state index in [0.29, 0.717) is 0 Å². The minimum atomic E-state index is -1.61. The molecule has 0 aliphatic carbocycles. The number of aryl methyl sites for hydroxylation is 1. The molecule has 256 valence electrons. The molecule has 6 aromatic rings. The SMILES string of the molecule is Cn1cc(C[C@H](NC(=O)c2ccccn2)C(=O)NC(CC(=O)NC(c2ccccc2)(c2ccccc2)c2ccccc2)C(=O)O)c2ccccc21. The summed E-state index contributed by atoms with van der Waals surface area (Å²) >= 11 is 0. The first kappa shape index (κ1) is 34.3. The number of carboxylic acids is 1. The number of hydrogen-bond donors (Lipinski definition) is 4. The number of hydrogen-bond acceptors (Lipinski definition) is 5. The number of carbonyl (C=O) groups excluding carboxylic acids is 3. The number of rotatable bonds is 13. The second-order valence-electron chi connectivity index (χ2n) is 12.2. The van der Waals surface area contributed by atoms with Crippen molar-refractivity contribution in [1.29, 1.82) is 0 Å². The molecular weight excluding hydrogens is 642 g/mol. The standard InChI is InChI=1S/C41H37N5O5/c1-46-27-28(32-21-11-12-23-36(32)46)25-34(43-38(48)33-22-13-14-24-42-33)39(49)44-35(40(50)51)26-37(47)45-41(29-15-5-2-6-16-29,30-17-7-3-8-18-30)31-19-9-4-10-20-31/h2-24,27,34-35H,25-26H2,1H3,(H,43,48)(H,44,49)(H,45,47)(H,50,51)/t34-,35?/m0/s1. The number of benzene rings is 4. The molecule has 0 aliphatic rings. The summed E-state index contributed by atoms with van der Waals surface area (Å²) in [5.74, 6) is -3.36. The first-order valence-corrected chi connectivity index (χ1v) is 16.5. The number of fused-ring (bicyclic) bond motifs is 1. The van der Waals surface area contributed by atoms with Crippen LogP contribution < -0.4 is 16.0 Å². The average molecular weight is 680 g/mol. The van der Waals surface area contributed by atoms with E-state index in [1.165, 1.54) is 12.3 Å². The largest absolute Gasteiger partial charge is 0.480 e. The van der Waals surface area contributed by atoms with Crippen LogP contribution in [0.4, 0.5) is 0 Å². The summed E-state index contributed by atoms with van der Waals surface area (Å²) in [4.78, 5) is 58.0. The molecule has 10 heteroatoms. The minimum absolute atomic E-state index is 0.0590. The van der Waals surface area contributed by atoms with E-state index in [9.17, 15) is 24.3 Å². The van der Waals surface area contributed by atoms with Crippen LogP contribution in [0.1, 0.15) is 39.2 Å². The first-order chi connectivity index (χ1) is 24.8. The molecule has 2 heterocycles. The normalized spacial score (nSPS) is 12.4. The molecule has 6 rings (SSSR count). The predicted octanol–water partition coefficient (Wildman–Crippen LogP) is 4.98. The van der Waals surface area contributed by atoms with Gasteiger partial charge in [-0.3, -0.25) is 19.4 Å². The molecule has 0 aliphatic heterocycles. The van der Waals surface area contributed by atoms with E-state index in [1.807, 2.05) is 133 Å². The Bertz CT molecular complexity index is 2040. The van der Waals surface area contributed by atoms with Crippen LogP contribution in [0.15, 0.2) is 146 Å². The lowest BCUT2D eigenvalue weighted by Crippen LogP contribution is -2.55. The van der Waals surface area contributed by atoms with Gasteiger partial charge in [-0.25, -0.2) is 4.79 Å². The smallest absolute Gasteiger partial charge is 0.326 e. The van der Waals surface area contributed by atoms with Gasteiger partial charge >= 0.3 is 5.97 Å². The fraction of sp³-hybridized carbons (Fsp3) is 0.146. The van der Waals surface area contributed by atoms with Crippen molar-refractivity contribution in [3.8, 4) is 0 Å². The maximum absolute atomic E-state index is 14.0. The van der Waals surface area contributed by atoms with Gasteiger partial charge in [0.2, 0.25) is 11.8 Å². The fourth-order valence-electron chi connectivity index (χ4n) is 6.45.